The Kier molecular flexibility index (Phi) is 4.76. The van der Waals surface area contributed by atoms with E-state index in [-0.39, 0.29) is 12.5 Å². The Balaban J connectivity index is 1.66. The Hall–Kier alpha value is -2.47. The second kappa shape index (κ2) is 6.97. The molecule has 3 aromatic rings. The first-order valence-electron chi connectivity index (χ1n) is 7.79. The third kappa shape index (κ3) is 3.54. The molecule has 2 heterocycles. The number of aromatic nitrogens is 2. The molecule has 0 aliphatic carbocycles. The summed E-state index contributed by atoms with van der Waals surface area (Å²) in [5.41, 5.74) is 4.24. The van der Waals surface area contributed by atoms with E-state index in [1.165, 1.54) is 10.3 Å². The highest BCUT2D eigenvalue weighted by molar-refractivity contribution is 7.22. The minimum atomic E-state index is -0.0455. The van der Waals surface area contributed by atoms with Gasteiger partial charge in [0.05, 0.1) is 29.0 Å². The average Bonchev–Trinajstić information content (AvgIpc) is 3.04. The summed E-state index contributed by atoms with van der Waals surface area (Å²) in [5.74, 6) is -0.0455. The van der Waals surface area contributed by atoms with Crippen molar-refractivity contribution >= 4 is 32.6 Å². The standard InChI is InChI=1S/C18H20N4OS/c1-12-7-8-13(2)17-16(12)21-18(24-17)22(3)11-15(23)20-10-14-6-4-5-9-19-14/h4-9H,10-11H2,1-3H3,(H,20,23). The van der Waals surface area contributed by atoms with E-state index >= 15 is 0 Å². The minimum Gasteiger partial charge on any atom is -0.349 e. The van der Waals surface area contributed by atoms with Gasteiger partial charge in [0.1, 0.15) is 0 Å². The molecule has 0 aliphatic rings. The number of hydrogen-bond acceptors (Lipinski definition) is 5. The molecule has 2 aromatic heterocycles. The number of rotatable bonds is 5. The SMILES string of the molecule is Cc1ccc(C)c2sc(N(C)CC(=O)NCc3ccccn3)nc12. The normalized spacial score (nSPS) is 10.8. The zero-order valence-corrected chi connectivity index (χ0v) is 14.9. The Morgan fingerprint density at radius 2 is 2.00 bits per heavy atom. The number of amides is 1. The second-order valence-electron chi connectivity index (χ2n) is 5.83. The largest absolute Gasteiger partial charge is 0.349 e. The van der Waals surface area contributed by atoms with Gasteiger partial charge >= 0.3 is 0 Å². The fourth-order valence-electron chi connectivity index (χ4n) is 2.44. The molecule has 0 radical (unpaired) electrons. The van der Waals surface area contributed by atoms with Crippen LogP contribution in [0.5, 0.6) is 0 Å². The van der Waals surface area contributed by atoms with Crippen molar-refractivity contribution in [2.75, 3.05) is 18.5 Å². The quantitative estimate of drug-likeness (QED) is 0.775. The van der Waals surface area contributed by atoms with E-state index in [2.05, 4.69) is 36.3 Å². The lowest BCUT2D eigenvalue weighted by Gasteiger charge is -2.15. The van der Waals surface area contributed by atoms with Crippen LogP contribution in [-0.2, 0) is 11.3 Å². The molecule has 0 fully saturated rings. The molecule has 1 aromatic carbocycles. The van der Waals surface area contributed by atoms with Gasteiger partial charge in [0.2, 0.25) is 5.91 Å². The molecule has 5 nitrogen and oxygen atoms in total. The van der Waals surface area contributed by atoms with E-state index in [0.717, 1.165) is 21.9 Å². The number of pyridine rings is 1. The fraction of sp³-hybridized carbons (Fsp3) is 0.278. The maximum Gasteiger partial charge on any atom is 0.239 e. The molecule has 1 amide bonds. The van der Waals surface area contributed by atoms with Gasteiger partial charge in [-0.25, -0.2) is 4.98 Å². The maximum atomic E-state index is 12.1. The van der Waals surface area contributed by atoms with Crippen LogP contribution in [0.2, 0.25) is 0 Å². The predicted molar refractivity (Wildman–Crippen MR) is 98.4 cm³/mol. The van der Waals surface area contributed by atoms with E-state index in [1.807, 2.05) is 30.1 Å². The van der Waals surface area contributed by atoms with Crippen molar-refractivity contribution < 1.29 is 4.79 Å². The number of fused-ring (bicyclic) bond motifs is 1. The number of carbonyl (C=O) groups excluding carboxylic acids is 1. The minimum absolute atomic E-state index is 0.0455. The predicted octanol–water partition coefficient (Wildman–Crippen LogP) is 3.06. The lowest BCUT2D eigenvalue weighted by Crippen LogP contribution is -2.34. The first-order valence-corrected chi connectivity index (χ1v) is 8.60. The van der Waals surface area contributed by atoms with E-state index in [1.54, 1.807) is 17.5 Å². The van der Waals surface area contributed by atoms with Crippen LogP contribution in [0.25, 0.3) is 10.2 Å². The number of anilines is 1. The van der Waals surface area contributed by atoms with Gasteiger partial charge in [-0.15, -0.1) is 0 Å². The number of carbonyl (C=O) groups is 1. The number of hydrogen-bond donors (Lipinski definition) is 1. The fourth-order valence-corrected chi connectivity index (χ4v) is 3.51. The van der Waals surface area contributed by atoms with Crippen molar-refractivity contribution in [1.82, 2.24) is 15.3 Å². The van der Waals surface area contributed by atoms with Gasteiger partial charge in [0, 0.05) is 13.2 Å². The van der Waals surface area contributed by atoms with Crippen molar-refractivity contribution in [1.29, 1.82) is 0 Å². The molecular formula is C18H20N4OS. The van der Waals surface area contributed by atoms with Crippen LogP contribution < -0.4 is 10.2 Å². The van der Waals surface area contributed by atoms with Crippen LogP contribution in [-0.4, -0.2) is 29.5 Å². The summed E-state index contributed by atoms with van der Waals surface area (Å²) >= 11 is 1.63. The van der Waals surface area contributed by atoms with E-state index in [4.69, 9.17) is 4.98 Å². The Bertz CT molecular complexity index is 821. The summed E-state index contributed by atoms with van der Waals surface area (Å²) in [4.78, 5) is 22.9. The molecule has 0 saturated carbocycles. The highest BCUT2D eigenvalue weighted by atomic mass is 32.1. The molecule has 0 unspecified atom stereocenters. The van der Waals surface area contributed by atoms with Gasteiger partial charge in [0.25, 0.3) is 0 Å². The van der Waals surface area contributed by atoms with Crippen molar-refractivity contribution in [3.8, 4) is 0 Å². The van der Waals surface area contributed by atoms with E-state index in [0.29, 0.717) is 6.54 Å². The van der Waals surface area contributed by atoms with Crippen LogP contribution in [0.3, 0.4) is 0 Å². The van der Waals surface area contributed by atoms with Gasteiger partial charge in [0.15, 0.2) is 5.13 Å². The van der Waals surface area contributed by atoms with Gasteiger partial charge in [-0.3, -0.25) is 9.78 Å². The van der Waals surface area contributed by atoms with Crippen molar-refractivity contribution in [3.05, 3.63) is 53.3 Å². The zero-order chi connectivity index (χ0) is 17.1. The van der Waals surface area contributed by atoms with Crippen LogP contribution in [0.15, 0.2) is 36.5 Å². The highest BCUT2D eigenvalue weighted by Crippen LogP contribution is 2.32. The summed E-state index contributed by atoms with van der Waals surface area (Å²) in [7, 11) is 1.89. The Morgan fingerprint density at radius 1 is 1.21 bits per heavy atom. The number of likely N-dealkylation sites (N-methyl/N-ethyl adjacent to an activating group) is 1. The zero-order valence-electron chi connectivity index (χ0n) is 14.0. The third-order valence-electron chi connectivity index (χ3n) is 3.83. The first kappa shape index (κ1) is 16.4. The van der Waals surface area contributed by atoms with Gasteiger partial charge < -0.3 is 10.2 Å². The second-order valence-corrected chi connectivity index (χ2v) is 6.80. The van der Waals surface area contributed by atoms with Gasteiger partial charge in [-0.05, 0) is 37.1 Å². The summed E-state index contributed by atoms with van der Waals surface area (Å²) in [5, 5.41) is 3.75. The molecule has 6 heteroatoms. The molecule has 0 atom stereocenters. The molecule has 0 saturated heterocycles. The van der Waals surface area contributed by atoms with Crippen LogP contribution >= 0.6 is 11.3 Å². The van der Waals surface area contributed by atoms with Crippen molar-refractivity contribution in [2.24, 2.45) is 0 Å². The average molecular weight is 340 g/mol. The maximum absolute atomic E-state index is 12.1. The molecular weight excluding hydrogens is 320 g/mol. The summed E-state index contributed by atoms with van der Waals surface area (Å²) < 4.78 is 1.19. The monoisotopic (exact) mass is 340 g/mol. The van der Waals surface area contributed by atoms with Crippen molar-refractivity contribution in [2.45, 2.75) is 20.4 Å². The molecule has 24 heavy (non-hydrogen) atoms. The summed E-state index contributed by atoms with van der Waals surface area (Å²) in [6.45, 7) is 4.85. The molecule has 0 spiro atoms. The van der Waals surface area contributed by atoms with Crippen LogP contribution in [0, 0.1) is 13.8 Å². The summed E-state index contributed by atoms with van der Waals surface area (Å²) in [6.07, 6.45) is 1.72. The van der Waals surface area contributed by atoms with Crippen LogP contribution in [0.4, 0.5) is 5.13 Å². The highest BCUT2D eigenvalue weighted by Gasteiger charge is 2.14. The number of aryl methyl sites for hydroxylation is 2. The van der Waals surface area contributed by atoms with Gasteiger partial charge in [-0.1, -0.05) is 29.5 Å². The lowest BCUT2D eigenvalue weighted by atomic mass is 10.1. The van der Waals surface area contributed by atoms with Gasteiger partial charge in [-0.2, -0.15) is 0 Å². The topological polar surface area (TPSA) is 58.1 Å². The Morgan fingerprint density at radius 3 is 2.71 bits per heavy atom. The van der Waals surface area contributed by atoms with E-state index < -0.39 is 0 Å². The molecule has 0 bridgehead atoms. The number of benzene rings is 1. The smallest absolute Gasteiger partial charge is 0.239 e. The number of thiazole rings is 1. The Labute approximate surface area is 145 Å². The lowest BCUT2D eigenvalue weighted by molar-refractivity contribution is -0.119. The van der Waals surface area contributed by atoms with Crippen molar-refractivity contribution in [3.63, 3.8) is 0 Å². The molecule has 124 valence electrons. The number of nitrogens with one attached hydrogen (secondary N) is 1. The molecule has 1 N–H and O–H groups in total. The number of nitrogens with zero attached hydrogens (tertiary/aromatic N) is 3. The first-order chi connectivity index (χ1) is 11.5. The molecule has 3 rings (SSSR count). The molecule has 0 aliphatic heterocycles. The van der Waals surface area contributed by atoms with Crippen LogP contribution in [0.1, 0.15) is 16.8 Å². The third-order valence-corrected chi connectivity index (χ3v) is 5.14. The summed E-state index contributed by atoms with van der Waals surface area (Å²) in [6, 6.07) is 9.85. The van der Waals surface area contributed by atoms with E-state index in [9.17, 15) is 4.79 Å².